The average Bonchev–Trinajstić information content (AvgIpc) is 2.29. The first-order chi connectivity index (χ1) is 11.0. The fourth-order valence-electron chi connectivity index (χ4n) is 4.31. The summed E-state index contributed by atoms with van der Waals surface area (Å²) in [7, 11) is 0. The summed E-state index contributed by atoms with van der Waals surface area (Å²) in [5.41, 5.74) is -0.116. The molecule has 0 unspecified atom stereocenters. The van der Waals surface area contributed by atoms with Crippen LogP contribution in [0.5, 0.6) is 0 Å². The minimum absolute atomic E-state index is 0.125. The number of esters is 1. The second-order valence-corrected chi connectivity index (χ2v) is 10.7. The maximum atomic E-state index is 11.9. The van der Waals surface area contributed by atoms with Gasteiger partial charge >= 0.3 is 5.97 Å². The number of hydrogen-bond donors (Lipinski definition) is 0. The van der Waals surface area contributed by atoms with E-state index in [1.54, 1.807) is 6.92 Å². The summed E-state index contributed by atoms with van der Waals surface area (Å²) in [5, 5.41) is 2.14. The molecule has 0 saturated carbocycles. The molecule has 1 rings (SSSR count). The van der Waals surface area contributed by atoms with Crippen molar-refractivity contribution in [1.29, 1.82) is 0 Å². The molecule has 1 heterocycles. The molecule has 1 aliphatic heterocycles. The molecule has 1 aliphatic rings. The number of hydroxylamine groups is 2. The largest absolute Gasteiger partial charge is 0.459 e. The van der Waals surface area contributed by atoms with Crippen molar-refractivity contribution in [1.82, 2.24) is 5.06 Å². The first kappa shape index (κ1) is 22.2. The van der Waals surface area contributed by atoms with Crippen LogP contribution in [0.3, 0.4) is 0 Å². The molecule has 0 aromatic carbocycles. The van der Waals surface area contributed by atoms with Gasteiger partial charge in [0.05, 0.1) is 5.60 Å². The summed E-state index contributed by atoms with van der Waals surface area (Å²) in [4.78, 5) is 18.5. The first-order valence-corrected chi connectivity index (χ1v) is 9.31. The Morgan fingerprint density at radius 3 is 1.88 bits per heavy atom. The van der Waals surface area contributed by atoms with Gasteiger partial charge in [0, 0.05) is 29.5 Å². The summed E-state index contributed by atoms with van der Waals surface area (Å²) in [6.07, 6.45) is 2.30. The Bertz CT molecular complexity index is 494. The lowest BCUT2D eigenvalue weighted by Gasteiger charge is -2.55. The van der Waals surface area contributed by atoms with Gasteiger partial charge in [0.25, 0.3) is 0 Å². The predicted molar refractivity (Wildman–Crippen MR) is 103 cm³/mol. The molecule has 0 bridgehead atoms. The van der Waals surface area contributed by atoms with Crippen molar-refractivity contribution in [3.63, 3.8) is 0 Å². The van der Waals surface area contributed by atoms with Crippen molar-refractivity contribution < 1.29 is 14.4 Å². The number of piperidine rings is 1. The molecule has 4 heteroatoms. The molecule has 0 radical (unpaired) electrons. The second-order valence-electron chi connectivity index (χ2n) is 10.7. The van der Waals surface area contributed by atoms with E-state index in [0.29, 0.717) is 5.57 Å². The molecule has 0 spiro atoms. The van der Waals surface area contributed by atoms with Crippen LogP contribution in [0.2, 0.25) is 0 Å². The van der Waals surface area contributed by atoms with Crippen LogP contribution < -0.4 is 0 Å². The van der Waals surface area contributed by atoms with Crippen LogP contribution in [0.1, 0.15) is 88.5 Å². The Labute approximate surface area is 154 Å². The van der Waals surface area contributed by atoms with Gasteiger partial charge in [-0.25, -0.2) is 4.79 Å². The average molecular weight is 354 g/mol. The van der Waals surface area contributed by atoms with Crippen LogP contribution in [-0.4, -0.2) is 33.8 Å². The van der Waals surface area contributed by atoms with E-state index in [9.17, 15) is 4.79 Å². The van der Waals surface area contributed by atoms with Crippen LogP contribution in [0.15, 0.2) is 12.2 Å². The van der Waals surface area contributed by atoms with Gasteiger partial charge in [0.1, 0.15) is 6.10 Å². The van der Waals surface area contributed by atoms with E-state index in [1.807, 2.05) is 0 Å². The van der Waals surface area contributed by atoms with Gasteiger partial charge in [0.2, 0.25) is 0 Å². The van der Waals surface area contributed by atoms with E-state index in [2.05, 4.69) is 74.0 Å². The van der Waals surface area contributed by atoms with Crippen molar-refractivity contribution in [2.24, 2.45) is 5.41 Å². The van der Waals surface area contributed by atoms with Gasteiger partial charge < -0.3 is 4.74 Å². The summed E-state index contributed by atoms with van der Waals surface area (Å²) in [5.74, 6) is -0.306. The van der Waals surface area contributed by atoms with E-state index in [4.69, 9.17) is 9.57 Å². The SMILES string of the molecule is C=C(C)C(=O)OC1CC(C)(C)N(OC(C)(C)CC(C)(C)C)C(C)(C)C1. The van der Waals surface area contributed by atoms with Gasteiger partial charge in [-0.05, 0) is 60.3 Å². The highest BCUT2D eigenvalue weighted by atomic mass is 16.7. The smallest absolute Gasteiger partial charge is 0.333 e. The zero-order chi connectivity index (χ0) is 19.8. The molecular formula is C21H39NO3. The lowest BCUT2D eigenvalue weighted by Crippen LogP contribution is -2.64. The van der Waals surface area contributed by atoms with Crippen molar-refractivity contribution in [2.75, 3.05) is 0 Å². The number of nitrogens with zero attached hydrogens (tertiary/aromatic N) is 1. The van der Waals surface area contributed by atoms with E-state index in [-0.39, 0.29) is 34.2 Å². The highest BCUT2D eigenvalue weighted by Gasteiger charge is 2.49. The molecule has 0 atom stereocenters. The summed E-state index contributed by atoms with van der Waals surface area (Å²) < 4.78 is 5.66. The molecular weight excluding hydrogens is 314 g/mol. The van der Waals surface area contributed by atoms with E-state index in [0.717, 1.165) is 19.3 Å². The predicted octanol–water partition coefficient (Wildman–Crippen LogP) is 5.27. The molecule has 0 aromatic rings. The number of carbonyl (C=O) groups is 1. The standard InChI is InChI=1S/C21H39NO3/c1-15(2)17(23)24-16-12-19(6,7)22(20(8,9)13-16)25-21(10,11)14-18(3,4)5/h16H,1,12-14H2,2-11H3. The van der Waals surface area contributed by atoms with Crippen molar-refractivity contribution in [2.45, 2.75) is 111 Å². The fourth-order valence-corrected chi connectivity index (χ4v) is 4.31. The summed E-state index contributed by atoms with van der Waals surface area (Å²) >= 11 is 0. The molecule has 4 nitrogen and oxygen atoms in total. The Kier molecular flexibility index (Phi) is 6.24. The van der Waals surface area contributed by atoms with Crippen LogP contribution in [-0.2, 0) is 14.4 Å². The number of hydrogen-bond acceptors (Lipinski definition) is 4. The van der Waals surface area contributed by atoms with E-state index in [1.165, 1.54) is 0 Å². The fraction of sp³-hybridized carbons (Fsp3) is 0.857. The first-order valence-electron chi connectivity index (χ1n) is 9.31. The highest BCUT2D eigenvalue weighted by molar-refractivity contribution is 5.87. The molecule has 146 valence electrons. The molecule has 25 heavy (non-hydrogen) atoms. The minimum Gasteiger partial charge on any atom is -0.459 e. The Morgan fingerprint density at radius 2 is 1.52 bits per heavy atom. The third-order valence-corrected chi connectivity index (χ3v) is 4.47. The van der Waals surface area contributed by atoms with Crippen LogP contribution in [0.4, 0.5) is 0 Å². The molecule has 0 aliphatic carbocycles. The molecule has 0 aromatic heterocycles. The molecule has 1 saturated heterocycles. The van der Waals surface area contributed by atoms with Gasteiger partial charge in [-0.1, -0.05) is 27.4 Å². The van der Waals surface area contributed by atoms with Gasteiger partial charge in [0.15, 0.2) is 0 Å². The summed E-state index contributed by atoms with van der Waals surface area (Å²) in [6, 6.07) is 0. The monoisotopic (exact) mass is 353 g/mol. The molecule has 0 N–H and O–H groups in total. The lowest BCUT2D eigenvalue weighted by atomic mass is 9.79. The van der Waals surface area contributed by atoms with Crippen molar-refractivity contribution in [3.05, 3.63) is 12.2 Å². The summed E-state index contributed by atoms with van der Waals surface area (Å²) in [6.45, 7) is 25.0. The lowest BCUT2D eigenvalue weighted by molar-refractivity contribution is -0.340. The quantitative estimate of drug-likeness (QED) is 0.498. The van der Waals surface area contributed by atoms with Gasteiger partial charge in [-0.15, -0.1) is 0 Å². The van der Waals surface area contributed by atoms with Crippen molar-refractivity contribution in [3.8, 4) is 0 Å². The topological polar surface area (TPSA) is 38.8 Å². The maximum absolute atomic E-state index is 11.9. The maximum Gasteiger partial charge on any atom is 0.333 e. The van der Waals surface area contributed by atoms with E-state index < -0.39 is 0 Å². The van der Waals surface area contributed by atoms with Crippen LogP contribution in [0, 0.1) is 5.41 Å². The number of ether oxygens (including phenoxy) is 1. The normalized spacial score (nSPS) is 21.8. The van der Waals surface area contributed by atoms with Crippen LogP contribution in [0.25, 0.3) is 0 Å². The Balaban J connectivity index is 2.96. The second kappa shape index (κ2) is 7.03. The minimum atomic E-state index is -0.306. The highest BCUT2D eigenvalue weighted by Crippen LogP contribution is 2.43. The zero-order valence-corrected chi connectivity index (χ0v) is 18.1. The van der Waals surface area contributed by atoms with Crippen LogP contribution >= 0.6 is 0 Å². The number of carbonyl (C=O) groups excluding carboxylic acids is 1. The Morgan fingerprint density at radius 1 is 1.08 bits per heavy atom. The zero-order valence-electron chi connectivity index (χ0n) is 18.1. The Hall–Kier alpha value is -0.870. The van der Waals surface area contributed by atoms with Gasteiger partial charge in [-0.2, -0.15) is 5.06 Å². The van der Waals surface area contributed by atoms with E-state index >= 15 is 0 Å². The third-order valence-electron chi connectivity index (χ3n) is 4.47. The van der Waals surface area contributed by atoms with Crippen molar-refractivity contribution >= 4 is 5.97 Å². The number of rotatable bonds is 5. The van der Waals surface area contributed by atoms with Gasteiger partial charge in [-0.3, -0.25) is 4.84 Å². The molecule has 0 amide bonds. The molecule has 1 fully saturated rings. The third kappa shape index (κ3) is 6.41.